The number of sulfone groups is 1. The van der Waals surface area contributed by atoms with Gasteiger partial charge in [-0.15, -0.1) is 0 Å². The van der Waals surface area contributed by atoms with Crippen LogP contribution in [0.25, 0.3) is 0 Å². The fraction of sp³-hybridized carbons (Fsp3) is 0.526. The Morgan fingerprint density at radius 3 is 2.40 bits per heavy atom. The van der Waals surface area contributed by atoms with Crippen molar-refractivity contribution < 1.29 is 21.6 Å². The standard InChI is InChI=1S/C19H26ClN3O5S2/c20-17-5-7-18(8-6-17)29(25,26)14-4-1-10-21-19(24)16-9-13-23(15-16)30(27,28)22-11-2-3-12-22/h4-8,14,16H,1-3,9-13,15H2,(H,21,24)/b14-4+. The molecule has 2 fully saturated rings. The summed E-state index contributed by atoms with van der Waals surface area (Å²) in [5.74, 6) is -0.591. The van der Waals surface area contributed by atoms with E-state index in [1.807, 2.05) is 0 Å². The summed E-state index contributed by atoms with van der Waals surface area (Å²) in [6.07, 6.45) is 4.07. The van der Waals surface area contributed by atoms with Gasteiger partial charge in [-0.2, -0.15) is 17.0 Å². The van der Waals surface area contributed by atoms with Crippen LogP contribution in [-0.2, 0) is 24.8 Å². The first-order chi connectivity index (χ1) is 14.2. The molecule has 2 heterocycles. The van der Waals surface area contributed by atoms with Crippen molar-refractivity contribution >= 4 is 37.6 Å². The molecule has 2 aliphatic heterocycles. The van der Waals surface area contributed by atoms with Gasteiger partial charge in [0, 0.05) is 43.2 Å². The Hall–Kier alpha value is -1.46. The lowest BCUT2D eigenvalue weighted by molar-refractivity contribution is -0.124. The molecule has 2 aliphatic rings. The van der Waals surface area contributed by atoms with Crippen molar-refractivity contribution in [3.05, 3.63) is 40.8 Å². The van der Waals surface area contributed by atoms with Crippen LogP contribution in [0.1, 0.15) is 25.7 Å². The summed E-state index contributed by atoms with van der Waals surface area (Å²) < 4.78 is 52.4. The lowest BCUT2D eigenvalue weighted by Crippen LogP contribution is -2.42. The maximum Gasteiger partial charge on any atom is 0.281 e. The van der Waals surface area contributed by atoms with Crippen molar-refractivity contribution in [2.75, 3.05) is 32.7 Å². The van der Waals surface area contributed by atoms with Gasteiger partial charge in [0.15, 0.2) is 9.84 Å². The molecule has 8 nitrogen and oxygen atoms in total. The molecule has 0 radical (unpaired) electrons. The summed E-state index contributed by atoms with van der Waals surface area (Å²) in [5.41, 5.74) is 0. The van der Waals surface area contributed by atoms with Gasteiger partial charge in [-0.1, -0.05) is 17.7 Å². The summed E-state index contributed by atoms with van der Waals surface area (Å²) in [4.78, 5) is 12.5. The van der Waals surface area contributed by atoms with Crippen molar-refractivity contribution in [3.63, 3.8) is 0 Å². The first-order valence-corrected chi connectivity index (χ1v) is 13.2. The van der Waals surface area contributed by atoms with E-state index in [0.29, 0.717) is 37.5 Å². The van der Waals surface area contributed by atoms with Crippen LogP contribution in [0.5, 0.6) is 0 Å². The molecule has 1 atom stereocenters. The van der Waals surface area contributed by atoms with Gasteiger partial charge in [0.1, 0.15) is 0 Å². The number of hydrogen-bond donors (Lipinski definition) is 1. The van der Waals surface area contributed by atoms with Crippen LogP contribution in [0, 0.1) is 5.92 Å². The smallest absolute Gasteiger partial charge is 0.281 e. The van der Waals surface area contributed by atoms with Gasteiger partial charge >= 0.3 is 0 Å². The van der Waals surface area contributed by atoms with E-state index in [1.165, 1.54) is 39.0 Å². The number of amides is 1. The molecule has 1 aromatic rings. The van der Waals surface area contributed by atoms with E-state index in [-0.39, 0.29) is 29.8 Å². The zero-order valence-corrected chi connectivity index (χ0v) is 18.9. The second-order valence-corrected chi connectivity index (χ2v) is 11.6. The molecule has 1 unspecified atom stereocenters. The third-order valence-electron chi connectivity index (χ3n) is 5.27. The molecule has 3 rings (SSSR count). The van der Waals surface area contributed by atoms with E-state index in [2.05, 4.69) is 5.32 Å². The number of rotatable bonds is 8. The fourth-order valence-electron chi connectivity index (χ4n) is 3.55. The topological polar surface area (TPSA) is 104 Å². The first-order valence-electron chi connectivity index (χ1n) is 9.90. The Bertz CT molecular complexity index is 988. The second kappa shape index (κ2) is 9.78. The van der Waals surface area contributed by atoms with E-state index < -0.39 is 20.0 Å². The third-order valence-corrected chi connectivity index (χ3v) is 9.00. The molecule has 11 heteroatoms. The number of halogens is 1. The second-order valence-electron chi connectivity index (χ2n) is 7.41. The van der Waals surface area contributed by atoms with Gasteiger partial charge in [0.25, 0.3) is 10.2 Å². The van der Waals surface area contributed by atoms with Crippen molar-refractivity contribution in [1.29, 1.82) is 0 Å². The zero-order valence-electron chi connectivity index (χ0n) is 16.5. The highest BCUT2D eigenvalue weighted by Gasteiger charge is 2.38. The fourth-order valence-corrected chi connectivity index (χ4v) is 6.49. The largest absolute Gasteiger partial charge is 0.356 e. The molecular weight excluding hydrogens is 450 g/mol. The van der Waals surface area contributed by atoms with E-state index >= 15 is 0 Å². The van der Waals surface area contributed by atoms with E-state index in [9.17, 15) is 21.6 Å². The predicted molar refractivity (Wildman–Crippen MR) is 115 cm³/mol. The summed E-state index contributed by atoms with van der Waals surface area (Å²) in [7, 11) is -7.03. The van der Waals surface area contributed by atoms with Crippen LogP contribution in [0.15, 0.2) is 40.6 Å². The minimum Gasteiger partial charge on any atom is -0.356 e. The normalized spacial score (nSPS) is 21.4. The van der Waals surface area contributed by atoms with Gasteiger partial charge < -0.3 is 5.32 Å². The molecule has 0 aliphatic carbocycles. The van der Waals surface area contributed by atoms with Gasteiger partial charge in [0.2, 0.25) is 5.91 Å². The Morgan fingerprint density at radius 1 is 1.07 bits per heavy atom. The molecule has 166 valence electrons. The number of hydrogen-bond acceptors (Lipinski definition) is 5. The first kappa shape index (κ1) is 23.2. The number of nitrogens with one attached hydrogen (secondary N) is 1. The van der Waals surface area contributed by atoms with Crippen LogP contribution >= 0.6 is 11.6 Å². The maximum absolute atomic E-state index is 12.6. The number of carbonyl (C=O) groups is 1. The molecule has 2 saturated heterocycles. The Kier molecular flexibility index (Phi) is 7.56. The van der Waals surface area contributed by atoms with Crippen LogP contribution in [0.4, 0.5) is 0 Å². The summed E-state index contributed by atoms with van der Waals surface area (Å²) in [5, 5.41) is 4.33. The van der Waals surface area contributed by atoms with Gasteiger partial charge in [-0.25, -0.2) is 8.42 Å². The van der Waals surface area contributed by atoms with Gasteiger partial charge in [-0.3, -0.25) is 4.79 Å². The average Bonchev–Trinajstić information content (AvgIpc) is 3.40. The molecular formula is C19H26ClN3O5S2. The quantitative estimate of drug-likeness (QED) is 0.577. The number of carbonyl (C=O) groups excluding carboxylic acids is 1. The Labute approximate surface area is 183 Å². The lowest BCUT2D eigenvalue weighted by atomic mass is 10.1. The van der Waals surface area contributed by atoms with Crippen molar-refractivity contribution in [1.82, 2.24) is 13.9 Å². The van der Waals surface area contributed by atoms with Crippen molar-refractivity contribution in [3.8, 4) is 0 Å². The maximum atomic E-state index is 12.6. The Morgan fingerprint density at radius 2 is 1.73 bits per heavy atom. The van der Waals surface area contributed by atoms with E-state index in [1.54, 1.807) is 0 Å². The van der Waals surface area contributed by atoms with Crippen molar-refractivity contribution in [2.24, 2.45) is 5.92 Å². The predicted octanol–water partition coefficient (Wildman–Crippen LogP) is 1.80. The van der Waals surface area contributed by atoms with Crippen LogP contribution < -0.4 is 5.32 Å². The molecule has 0 aromatic heterocycles. The minimum atomic E-state index is -3.56. The lowest BCUT2D eigenvalue weighted by Gasteiger charge is -2.23. The molecule has 0 saturated carbocycles. The van der Waals surface area contributed by atoms with Gasteiger partial charge in [-0.05, 0) is 49.9 Å². The highest BCUT2D eigenvalue weighted by molar-refractivity contribution is 7.94. The van der Waals surface area contributed by atoms with Crippen LogP contribution in [0.2, 0.25) is 5.02 Å². The number of nitrogens with zero attached hydrogens (tertiary/aromatic N) is 2. The number of benzene rings is 1. The molecule has 30 heavy (non-hydrogen) atoms. The van der Waals surface area contributed by atoms with E-state index in [0.717, 1.165) is 18.2 Å². The molecule has 1 aromatic carbocycles. The molecule has 0 spiro atoms. The Balaban J connectivity index is 1.44. The van der Waals surface area contributed by atoms with Gasteiger partial charge in [0.05, 0.1) is 10.8 Å². The monoisotopic (exact) mass is 475 g/mol. The van der Waals surface area contributed by atoms with Crippen LogP contribution in [0.3, 0.4) is 0 Å². The average molecular weight is 476 g/mol. The molecule has 0 bridgehead atoms. The van der Waals surface area contributed by atoms with Crippen LogP contribution in [-0.4, -0.2) is 64.1 Å². The van der Waals surface area contributed by atoms with E-state index in [4.69, 9.17) is 11.6 Å². The SMILES string of the molecule is O=C(NCC/C=C/S(=O)(=O)c1ccc(Cl)cc1)C1CCN(S(=O)(=O)N2CCCC2)C1. The highest BCUT2D eigenvalue weighted by atomic mass is 35.5. The minimum absolute atomic E-state index is 0.150. The molecule has 1 N–H and O–H groups in total. The summed E-state index contributed by atoms with van der Waals surface area (Å²) in [6.45, 7) is 1.89. The van der Waals surface area contributed by atoms with Crippen molar-refractivity contribution in [2.45, 2.75) is 30.6 Å². The highest BCUT2D eigenvalue weighted by Crippen LogP contribution is 2.24. The summed E-state index contributed by atoms with van der Waals surface area (Å²) >= 11 is 5.77. The zero-order chi connectivity index (χ0) is 21.8. The third kappa shape index (κ3) is 5.61. The summed E-state index contributed by atoms with van der Waals surface area (Å²) in [6, 6.07) is 5.90. The molecule has 1 amide bonds.